The molecular weight excluding hydrogens is 143 g/mol. The molecule has 0 amide bonds. The minimum Gasteiger partial charge on any atom is -0.286 e. The molecule has 4 aliphatic heterocycles. The minimum absolute atomic E-state index is 0.440. The fourth-order valence-corrected chi connectivity index (χ4v) is 5.42. The lowest BCUT2D eigenvalue weighted by Crippen LogP contribution is -2.58. The normalized spacial score (nSPS) is 57.6. The molecule has 4 fully saturated rings. The quantitative estimate of drug-likeness (QED) is 0.474. The molecule has 0 N–H and O–H groups in total. The molecule has 0 spiro atoms. The first-order valence-electron chi connectivity index (χ1n) is 4.07. The fraction of sp³-hybridized carbons (Fsp3) is 1.00. The second-order valence-corrected chi connectivity index (χ2v) is 6.12. The summed E-state index contributed by atoms with van der Waals surface area (Å²) in [6.07, 6.45) is 4.51. The molecular formula is C7H13N2P. The molecule has 0 aromatic heterocycles. The van der Waals surface area contributed by atoms with Crippen molar-refractivity contribution < 1.29 is 0 Å². The van der Waals surface area contributed by atoms with Crippen molar-refractivity contribution in [2.75, 3.05) is 38.5 Å². The van der Waals surface area contributed by atoms with Crippen LogP contribution in [0.25, 0.3) is 0 Å². The maximum Gasteiger partial charge on any atom is 0.0513 e. The Labute approximate surface area is 62.9 Å². The van der Waals surface area contributed by atoms with Gasteiger partial charge in [-0.15, -0.1) is 0 Å². The van der Waals surface area contributed by atoms with Gasteiger partial charge in [-0.25, -0.2) is 0 Å². The van der Waals surface area contributed by atoms with Gasteiger partial charge in [0.2, 0.25) is 0 Å². The monoisotopic (exact) mass is 156 g/mol. The summed E-state index contributed by atoms with van der Waals surface area (Å²) < 4.78 is 0. The van der Waals surface area contributed by atoms with Crippen LogP contribution in [-0.4, -0.2) is 48.3 Å². The summed E-state index contributed by atoms with van der Waals surface area (Å²) in [6, 6.07) is 0. The van der Waals surface area contributed by atoms with E-state index >= 15 is 0 Å². The fourth-order valence-electron chi connectivity index (χ4n) is 2.60. The van der Waals surface area contributed by atoms with Crippen LogP contribution < -0.4 is 0 Å². The largest absolute Gasteiger partial charge is 0.286 e. The maximum absolute atomic E-state index is 2.65. The minimum atomic E-state index is 0.440. The van der Waals surface area contributed by atoms with Crippen LogP contribution in [0, 0.1) is 5.92 Å². The topological polar surface area (TPSA) is 6.48 Å². The van der Waals surface area contributed by atoms with Gasteiger partial charge in [-0.2, -0.15) is 0 Å². The van der Waals surface area contributed by atoms with Crippen molar-refractivity contribution in [1.82, 2.24) is 9.80 Å². The van der Waals surface area contributed by atoms with Crippen molar-refractivity contribution in [2.45, 2.75) is 0 Å². The molecule has 0 saturated carbocycles. The Morgan fingerprint density at radius 2 is 1.80 bits per heavy atom. The zero-order chi connectivity index (χ0) is 6.55. The van der Waals surface area contributed by atoms with E-state index in [1.54, 1.807) is 6.16 Å². The molecule has 3 heteroatoms. The van der Waals surface area contributed by atoms with Gasteiger partial charge in [0, 0.05) is 25.7 Å². The van der Waals surface area contributed by atoms with E-state index in [0.29, 0.717) is 7.92 Å². The second kappa shape index (κ2) is 1.94. The maximum atomic E-state index is 2.65. The first kappa shape index (κ1) is 5.93. The molecule has 4 bridgehead atoms. The van der Waals surface area contributed by atoms with Crippen LogP contribution in [0.15, 0.2) is 0 Å². The highest BCUT2D eigenvalue weighted by atomic mass is 31.1. The predicted octanol–water partition coefficient (Wildman–Crippen LogP) is 0.602. The Hall–Kier alpha value is 0.350. The van der Waals surface area contributed by atoms with E-state index in [9.17, 15) is 0 Å². The molecule has 0 radical (unpaired) electrons. The Morgan fingerprint density at radius 3 is 2.30 bits per heavy atom. The molecule has 4 rings (SSSR count). The van der Waals surface area contributed by atoms with Crippen LogP contribution in [0.1, 0.15) is 0 Å². The summed E-state index contributed by atoms with van der Waals surface area (Å²) >= 11 is 0. The summed E-state index contributed by atoms with van der Waals surface area (Å²) in [4.78, 5) is 5.29. The summed E-state index contributed by atoms with van der Waals surface area (Å²) in [5, 5.41) is 0. The third-order valence-corrected chi connectivity index (χ3v) is 5.38. The zero-order valence-electron chi connectivity index (χ0n) is 6.16. The lowest BCUT2D eigenvalue weighted by Gasteiger charge is -2.53. The van der Waals surface area contributed by atoms with E-state index in [-0.39, 0.29) is 0 Å². The number of hydrogen-bond donors (Lipinski definition) is 0. The highest BCUT2D eigenvalue weighted by molar-refractivity contribution is 7.57. The Balaban J connectivity index is 1.90. The molecule has 2 atom stereocenters. The van der Waals surface area contributed by atoms with E-state index in [1.807, 2.05) is 0 Å². The van der Waals surface area contributed by atoms with Crippen LogP contribution in [0.4, 0.5) is 0 Å². The summed E-state index contributed by atoms with van der Waals surface area (Å²) in [5.74, 6) is 1.06. The highest BCUT2D eigenvalue weighted by Crippen LogP contribution is 2.49. The van der Waals surface area contributed by atoms with E-state index in [4.69, 9.17) is 0 Å². The number of rotatable bonds is 0. The van der Waals surface area contributed by atoms with Crippen molar-refractivity contribution >= 4 is 7.92 Å². The van der Waals surface area contributed by atoms with E-state index < -0.39 is 0 Å². The zero-order valence-corrected chi connectivity index (χ0v) is 7.06. The molecule has 56 valence electrons. The van der Waals surface area contributed by atoms with Gasteiger partial charge in [0.25, 0.3) is 0 Å². The standard InChI is InChI=1S/C7H13N2P/c1-7-2-9-4-8(1)5-10(3-7)6-9/h7H,1-6H2. The van der Waals surface area contributed by atoms with E-state index in [0.717, 1.165) is 5.92 Å². The summed E-state index contributed by atoms with van der Waals surface area (Å²) in [5.41, 5.74) is 0. The first-order chi connectivity index (χ1) is 4.90. The van der Waals surface area contributed by atoms with Gasteiger partial charge in [-0.1, -0.05) is 7.92 Å². The van der Waals surface area contributed by atoms with Crippen molar-refractivity contribution in [2.24, 2.45) is 5.92 Å². The molecule has 0 aliphatic carbocycles. The van der Waals surface area contributed by atoms with Gasteiger partial charge in [0.1, 0.15) is 0 Å². The summed E-state index contributed by atoms with van der Waals surface area (Å²) in [7, 11) is 0.440. The molecule has 2 nitrogen and oxygen atoms in total. The molecule has 0 aromatic rings. The molecule has 4 heterocycles. The average molecular weight is 156 g/mol. The molecule has 2 unspecified atom stereocenters. The van der Waals surface area contributed by atoms with Gasteiger partial charge in [0.15, 0.2) is 0 Å². The Kier molecular flexibility index (Phi) is 1.15. The van der Waals surface area contributed by atoms with Crippen molar-refractivity contribution in [3.63, 3.8) is 0 Å². The predicted molar refractivity (Wildman–Crippen MR) is 43.3 cm³/mol. The van der Waals surface area contributed by atoms with Crippen LogP contribution in [0.2, 0.25) is 0 Å². The van der Waals surface area contributed by atoms with Gasteiger partial charge < -0.3 is 0 Å². The van der Waals surface area contributed by atoms with Crippen LogP contribution in [0.5, 0.6) is 0 Å². The molecule has 4 saturated heterocycles. The van der Waals surface area contributed by atoms with Crippen molar-refractivity contribution in [1.29, 1.82) is 0 Å². The van der Waals surface area contributed by atoms with Crippen molar-refractivity contribution in [3.8, 4) is 0 Å². The van der Waals surface area contributed by atoms with Gasteiger partial charge in [-0.3, -0.25) is 9.80 Å². The second-order valence-electron chi connectivity index (χ2n) is 3.85. The van der Waals surface area contributed by atoms with Crippen LogP contribution in [-0.2, 0) is 0 Å². The lowest BCUT2D eigenvalue weighted by molar-refractivity contribution is 0.0577. The first-order valence-corrected chi connectivity index (χ1v) is 5.97. The van der Waals surface area contributed by atoms with E-state index in [2.05, 4.69) is 9.80 Å². The lowest BCUT2D eigenvalue weighted by atomic mass is 10.1. The Bertz CT molecular complexity index is 103. The van der Waals surface area contributed by atoms with Gasteiger partial charge in [0.05, 0.1) is 6.67 Å². The van der Waals surface area contributed by atoms with Crippen LogP contribution >= 0.6 is 7.92 Å². The smallest absolute Gasteiger partial charge is 0.0513 e. The number of nitrogens with zero attached hydrogens (tertiary/aromatic N) is 2. The van der Waals surface area contributed by atoms with Gasteiger partial charge >= 0.3 is 0 Å². The molecule has 0 aromatic carbocycles. The van der Waals surface area contributed by atoms with Crippen molar-refractivity contribution in [3.05, 3.63) is 0 Å². The third kappa shape index (κ3) is 0.761. The molecule has 10 heavy (non-hydrogen) atoms. The van der Waals surface area contributed by atoms with Crippen LogP contribution in [0.3, 0.4) is 0 Å². The van der Waals surface area contributed by atoms with E-state index in [1.165, 1.54) is 32.3 Å². The molecule has 4 aliphatic rings. The highest BCUT2D eigenvalue weighted by Gasteiger charge is 2.38. The van der Waals surface area contributed by atoms with Gasteiger partial charge in [-0.05, 0) is 12.1 Å². The average Bonchev–Trinajstić information content (AvgIpc) is 1.82. The Morgan fingerprint density at radius 1 is 1.10 bits per heavy atom. The number of hydrogen-bond acceptors (Lipinski definition) is 2. The summed E-state index contributed by atoms with van der Waals surface area (Å²) in [6.45, 7) is 4.11. The third-order valence-electron chi connectivity index (χ3n) is 2.75. The SMILES string of the molecule is C1C2CN3CN1CP(C2)C3.